The van der Waals surface area contributed by atoms with Gasteiger partial charge in [-0.2, -0.15) is 0 Å². The molecule has 0 aliphatic heterocycles. The monoisotopic (exact) mass is 546 g/mol. The first-order valence-electron chi connectivity index (χ1n) is 15.4. The van der Waals surface area contributed by atoms with E-state index >= 15 is 0 Å². The lowest BCUT2D eigenvalue weighted by Crippen LogP contribution is -2.70. The van der Waals surface area contributed by atoms with Gasteiger partial charge in [0, 0.05) is 0 Å². The molecule has 0 radical (unpaired) electrons. The second kappa shape index (κ2) is 10.3. The molecule has 0 aromatic heterocycles. The number of aryl methyl sites for hydroxylation is 4. The first-order valence-corrected chi connectivity index (χ1v) is 17.4. The van der Waals surface area contributed by atoms with E-state index in [1.165, 1.54) is 46.2 Å². The summed E-state index contributed by atoms with van der Waals surface area (Å²) in [5.41, 5.74) is 9.26. The Bertz CT molecular complexity index is 1330. The molecule has 3 aromatic rings. The first-order chi connectivity index (χ1) is 18.7. The van der Waals surface area contributed by atoms with Crippen LogP contribution >= 0.6 is 0 Å². The van der Waals surface area contributed by atoms with Gasteiger partial charge in [0.25, 0.3) is 0 Å². The highest BCUT2D eigenvalue weighted by molar-refractivity contribution is 7.12. The molecule has 0 N–H and O–H groups in total. The summed E-state index contributed by atoms with van der Waals surface area (Å²) in [5, 5.41) is 4.80. The zero-order valence-electron chi connectivity index (χ0n) is 26.7. The van der Waals surface area contributed by atoms with Gasteiger partial charge in [0.2, 0.25) is 0 Å². The van der Waals surface area contributed by atoms with Crippen molar-refractivity contribution in [1.82, 2.24) is 0 Å². The Morgan fingerprint density at radius 1 is 0.500 bits per heavy atom. The van der Waals surface area contributed by atoms with Crippen molar-refractivity contribution in [2.75, 3.05) is 0 Å². The van der Waals surface area contributed by atoms with Gasteiger partial charge in [-0.3, -0.25) is 0 Å². The topological polar surface area (TPSA) is 0 Å². The Kier molecular flexibility index (Phi) is 7.45. The third-order valence-corrected chi connectivity index (χ3v) is 14.9. The molecule has 0 bridgehead atoms. The van der Waals surface area contributed by atoms with Crippen LogP contribution in [0.3, 0.4) is 0 Å². The van der Waals surface area contributed by atoms with Crippen LogP contribution in [-0.4, -0.2) is 8.07 Å². The second-order valence-electron chi connectivity index (χ2n) is 15.1. The molecule has 1 heteroatoms. The Labute approximate surface area is 245 Å². The fourth-order valence-electron chi connectivity index (χ4n) is 7.65. The minimum atomic E-state index is -2.49. The summed E-state index contributed by atoms with van der Waals surface area (Å²) in [6, 6.07) is 22.7. The lowest BCUT2D eigenvalue weighted by atomic mass is 9.81. The fourth-order valence-corrected chi connectivity index (χ4v) is 13.9. The maximum absolute atomic E-state index is 2.64. The predicted molar refractivity (Wildman–Crippen MR) is 179 cm³/mol. The summed E-state index contributed by atoms with van der Waals surface area (Å²) in [6.45, 7) is 23.5. The summed E-state index contributed by atoms with van der Waals surface area (Å²) < 4.78 is 0. The third kappa shape index (κ3) is 5.35. The largest absolute Gasteiger partial charge is 0.151 e. The van der Waals surface area contributed by atoms with Crippen molar-refractivity contribution < 1.29 is 0 Å². The molecule has 5 rings (SSSR count). The number of allylic oxidation sites excluding steroid dienone is 4. The zero-order valence-corrected chi connectivity index (χ0v) is 27.7. The molecule has 0 heterocycles. The Morgan fingerprint density at radius 2 is 0.850 bits per heavy atom. The smallest absolute Gasteiger partial charge is 0.0808 e. The molecule has 40 heavy (non-hydrogen) atoms. The zero-order chi connectivity index (χ0) is 29.0. The van der Waals surface area contributed by atoms with Crippen LogP contribution in [0.5, 0.6) is 0 Å². The molecule has 2 atom stereocenters. The molecule has 2 aliphatic rings. The van der Waals surface area contributed by atoms with Crippen molar-refractivity contribution in [2.45, 2.75) is 98.5 Å². The van der Waals surface area contributed by atoms with Gasteiger partial charge in [-0.25, -0.2) is 0 Å². The van der Waals surface area contributed by atoms with Crippen LogP contribution in [0.15, 0.2) is 78.9 Å². The molecule has 0 amide bonds. The average Bonchev–Trinajstić information content (AvgIpc) is 3.26. The Balaban J connectivity index is 1.94. The summed E-state index contributed by atoms with van der Waals surface area (Å²) in [5.74, 6) is 1.29. The highest BCUT2D eigenvalue weighted by Crippen LogP contribution is 2.48. The molecule has 210 valence electrons. The third-order valence-electron chi connectivity index (χ3n) is 9.58. The highest BCUT2D eigenvalue weighted by Gasteiger charge is 2.51. The number of hydrogen-bond acceptors (Lipinski definition) is 0. The molecule has 3 aromatic carbocycles. The van der Waals surface area contributed by atoms with Gasteiger partial charge in [0.1, 0.15) is 0 Å². The van der Waals surface area contributed by atoms with E-state index in [0.29, 0.717) is 17.4 Å². The molecule has 2 unspecified atom stereocenters. The lowest BCUT2D eigenvalue weighted by Gasteiger charge is -2.41. The minimum absolute atomic E-state index is 0.0797. The van der Waals surface area contributed by atoms with E-state index in [4.69, 9.17) is 0 Å². The van der Waals surface area contributed by atoms with Gasteiger partial charge in [0.05, 0.1) is 0 Å². The minimum Gasteiger partial charge on any atom is -0.0808 e. The fraction of sp³-hybridized carbons (Fsp3) is 0.436. The van der Waals surface area contributed by atoms with Crippen molar-refractivity contribution in [1.29, 1.82) is 0 Å². The van der Waals surface area contributed by atoms with Gasteiger partial charge < -0.3 is 0 Å². The van der Waals surface area contributed by atoms with Crippen LogP contribution in [0.1, 0.15) is 87.8 Å². The molecule has 0 spiro atoms. The standard InChI is InChI=1S/C39H50Si/c1-26-15-27(2)18-34(17-26)40(35-19-28(3)16-29(4)20-35,36-21-30-13-11-12-14-31(30)22-36)37-24-32(38(5,6)7)23-33(25-37)39(8,9)10/h11-20,23-25,30-31,36H,21-22H2,1-10H3. The summed E-state index contributed by atoms with van der Waals surface area (Å²) >= 11 is 0. The summed E-state index contributed by atoms with van der Waals surface area (Å²) in [7, 11) is -2.49. The van der Waals surface area contributed by atoms with Crippen LogP contribution in [0.4, 0.5) is 0 Å². The van der Waals surface area contributed by atoms with Crippen LogP contribution in [0, 0.1) is 39.5 Å². The predicted octanol–water partition coefficient (Wildman–Crippen LogP) is 8.51. The Morgan fingerprint density at radius 3 is 1.20 bits per heavy atom. The van der Waals surface area contributed by atoms with Crippen molar-refractivity contribution in [3.8, 4) is 0 Å². The lowest BCUT2D eigenvalue weighted by molar-refractivity contribution is 0.552. The van der Waals surface area contributed by atoms with E-state index in [1.807, 2.05) is 0 Å². The maximum Gasteiger partial charge on any atom is 0.151 e. The van der Waals surface area contributed by atoms with E-state index in [-0.39, 0.29) is 10.8 Å². The van der Waals surface area contributed by atoms with E-state index in [1.54, 1.807) is 15.6 Å². The quantitative estimate of drug-likeness (QED) is 0.227. The summed E-state index contributed by atoms with van der Waals surface area (Å²) in [6.07, 6.45) is 12.1. The van der Waals surface area contributed by atoms with Gasteiger partial charge in [-0.1, -0.05) is 143 Å². The van der Waals surface area contributed by atoms with Gasteiger partial charge in [-0.05, 0) is 95.4 Å². The van der Waals surface area contributed by atoms with Gasteiger partial charge >= 0.3 is 0 Å². The second-order valence-corrected chi connectivity index (χ2v) is 19.3. The van der Waals surface area contributed by atoms with E-state index in [9.17, 15) is 0 Å². The van der Waals surface area contributed by atoms with Crippen LogP contribution in [0.25, 0.3) is 0 Å². The normalized spacial score (nSPS) is 21.1. The van der Waals surface area contributed by atoms with Crippen molar-refractivity contribution in [3.05, 3.63) is 112 Å². The van der Waals surface area contributed by atoms with Crippen LogP contribution in [-0.2, 0) is 10.8 Å². The number of fused-ring (bicyclic) bond motifs is 1. The molecule has 1 saturated carbocycles. The van der Waals surface area contributed by atoms with Crippen molar-refractivity contribution in [2.24, 2.45) is 11.8 Å². The van der Waals surface area contributed by atoms with Gasteiger partial charge in [0.15, 0.2) is 8.07 Å². The molecular weight excluding hydrogens is 497 g/mol. The number of hydrogen-bond donors (Lipinski definition) is 0. The van der Waals surface area contributed by atoms with E-state index < -0.39 is 8.07 Å². The molecule has 1 fully saturated rings. The Hall–Kier alpha value is -2.64. The van der Waals surface area contributed by atoms with Crippen molar-refractivity contribution >= 4 is 23.6 Å². The maximum atomic E-state index is 2.64. The average molecular weight is 547 g/mol. The SMILES string of the molecule is Cc1cc(C)cc([Si](c2cc(C)cc(C)c2)(c2cc(C(C)(C)C)cc(C(C)(C)C)c2)C2CC3C=CC=CC3C2)c1. The van der Waals surface area contributed by atoms with E-state index in [0.717, 1.165) is 0 Å². The molecule has 2 aliphatic carbocycles. The highest BCUT2D eigenvalue weighted by atomic mass is 28.3. The molecule has 0 nitrogen and oxygen atoms in total. The number of benzene rings is 3. The van der Waals surface area contributed by atoms with Crippen LogP contribution in [0.2, 0.25) is 5.54 Å². The van der Waals surface area contributed by atoms with E-state index in [2.05, 4.69) is 148 Å². The number of rotatable bonds is 4. The van der Waals surface area contributed by atoms with Crippen LogP contribution < -0.4 is 15.6 Å². The van der Waals surface area contributed by atoms with Crippen molar-refractivity contribution in [3.63, 3.8) is 0 Å². The molecular formula is C39H50Si. The van der Waals surface area contributed by atoms with Gasteiger partial charge in [-0.15, -0.1) is 0 Å². The first kappa shape index (κ1) is 28.9. The summed E-state index contributed by atoms with van der Waals surface area (Å²) in [4.78, 5) is 0. The molecule has 0 saturated heterocycles.